The molecule has 0 aliphatic carbocycles. The predicted molar refractivity (Wildman–Crippen MR) is 68.5 cm³/mol. The summed E-state index contributed by atoms with van der Waals surface area (Å²) >= 11 is 0. The van der Waals surface area contributed by atoms with Gasteiger partial charge in [-0.3, -0.25) is 9.97 Å². The lowest BCUT2D eigenvalue weighted by Gasteiger charge is -2.13. The summed E-state index contributed by atoms with van der Waals surface area (Å²) in [5.41, 5.74) is 3.45. The summed E-state index contributed by atoms with van der Waals surface area (Å²) < 4.78 is 0. The zero-order valence-corrected chi connectivity index (χ0v) is 10.2. The second-order valence-corrected chi connectivity index (χ2v) is 4.23. The third-order valence-corrected chi connectivity index (χ3v) is 2.68. The summed E-state index contributed by atoms with van der Waals surface area (Å²) in [6.07, 6.45) is 5.58. The van der Waals surface area contributed by atoms with Gasteiger partial charge in [0, 0.05) is 31.2 Å². The Bertz CT molecular complexity index is 468. The molecule has 0 aromatic carbocycles. The maximum atomic E-state index is 4.33. The first-order chi connectivity index (χ1) is 8.25. The van der Waals surface area contributed by atoms with Gasteiger partial charge in [-0.15, -0.1) is 0 Å². The molecule has 1 N–H and O–H groups in total. The lowest BCUT2D eigenvalue weighted by Crippen LogP contribution is -2.19. The number of aromatic nitrogens is 2. The van der Waals surface area contributed by atoms with Crippen LogP contribution >= 0.6 is 0 Å². The Kier molecular flexibility index (Phi) is 3.83. The molecule has 3 nitrogen and oxygen atoms in total. The summed E-state index contributed by atoms with van der Waals surface area (Å²) in [4.78, 5) is 8.51. The number of hydrogen-bond acceptors (Lipinski definition) is 3. The van der Waals surface area contributed by atoms with E-state index in [4.69, 9.17) is 0 Å². The number of pyridine rings is 2. The average Bonchev–Trinajstić information content (AvgIpc) is 2.37. The monoisotopic (exact) mass is 227 g/mol. The second kappa shape index (κ2) is 5.55. The fourth-order valence-electron chi connectivity index (χ4n) is 1.72. The van der Waals surface area contributed by atoms with E-state index in [1.54, 1.807) is 0 Å². The van der Waals surface area contributed by atoms with Crippen LogP contribution in [0.4, 0.5) is 0 Å². The molecular weight excluding hydrogens is 210 g/mol. The third kappa shape index (κ3) is 3.36. The van der Waals surface area contributed by atoms with Crippen molar-refractivity contribution in [2.75, 3.05) is 0 Å². The molecule has 0 radical (unpaired) electrons. The molecule has 0 saturated carbocycles. The van der Waals surface area contributed by atoms with Gasteiger partial charge in [0.05, 0.1) is 5.69 Å². The topological polar surface area (TPSA) is 37.8 Å². The highest BCUT2D eigenvalue weighted by atomic mass is 14.9. The first-order valence-corrected chi connectivity index (χ1v) is 5.80. The summed E-state index contributed by atoms with van der Waals surface area (Å²) in [6, 6.07) is 8.36. The van der Waals surface area contributed by atoms with Gasteiger partial charge < -0.3 is 5.32 Å². The summed E-state index contributed by atoms with van der Waals surface area (Å²) in [7, 11) is 0. The van der Waals surface area contributed by atoms with Gasteiger partial charge in [0.2, 0.25) is 0 Å². The van der Waals surface area contributed by atoms with Crippen molar-refractivity contribution in [1.29, 1.82) is 0 Å². The highest BCUT2D eigenvalue weighted by molar-refractivity contribution is 5.17. The van der Waals surface area contributed by atoms with Crippen molar-refractivity contribution >= 4 is 0 Å². The molecule has 0 spiro atoms. The maximum absolute atomic E-state index is 4.33. The number of hydrogen-bond donors (Lipinski definition) is 1. The normalized spacial score (nSPS) is 12.4. The van der Waals surface area contributed by atoms with Crippen molar-refractivity contribution in [3.05, 3.63) is 59.7 Å². The van der Waals surface area contributed by atoms with Crippen molar-refractivity contribution in [3.8, 4) is 0 Å². The lowest BCUT2D eigenvalue weighted by atomic mass is 10.2. The van der Waals surface area contributed by atoms with Crippen LogP contribution in [0.1, 0.15) is 29.8 Å². The minimum Gasteiger partial charge on any atom is -0.305 e. The molecule has 0 amide bonds. The standard InChI is InChI=1S/C14H17N3/c1-11-7-13(9-15-8-11)10-17-12(2)14-5-3-4-6-16-14/h3-9,12,17H,10H2,1-2H3. The van der Waals surface area contributed by atoms with E-state index in [0.29, 0.717) is 0 Å². The molecule has 3 heteroatoms. The Morgan fingerprint density at radius 3 is 2.88 bits per heavy atom. The molecule has 2 heterocycles. The fraction of sp³-hybridized carbons (Fsp3) is 0.286. The van der Waals surface area contributed by atoms with Crippen LogP contribution in [-0.2, 0) is 6.54 Å². The van der Waals surface area contributed by atoms with Crippen LogP contribution in [0, 0.1) is 6.92 Å². The van der Waals surface area contributed by atoms with Gasteiger partial charge >= 0.3 is 0 Å². The molecule has 88 valence electrons. The number of rotatable bonds is 4. The fourth-order valence-corrected chi connectivity index (χ4v) is 1.72. The van der Waals surface area contributed by atoms with E-state index in [9.17, 15) is 0 Å². The molecule has 0 aliphatic heterocycles. The second-order valence-electron chi connectivity index (χ2n) is 4.23. The summed E-state index contributed by atoms with van der Waals surface area (Å²) in [6.45, 7) is 4.98. The SMILES string of the molecule is Cc1cncc(CNC(C)c2ccccn2)c1. The molecule has 0 aliphatic rings. The number of nitrogens with zero attached hydrogens (tertiary/aromatic N) is 2. The quantitative estimate of drug-likeness (QED) is 0.872. The molecule has 0 saturated heterocycles. The first kappa shape index (κ1) is 11.7. The van der Waals surface area contributed by atoms with Crippen molar-refractivity contribution in [2.45, 2.75) is 26.4 Å². The van der Waals surface area contributed by atoms with Gasteiger partial charge in [-0.1, -0.05) is 12.1 Å². The molecule has 2 rings (SSSR count). The Labute approximate surface area is 102 Å². The lowest BCUT2D eigenvalue weighted by molar-refractivity contribution is 0.560. The van der Waals surface area contributed by atoms with Crippen LogP contribution in [0.25, 0.3) is 0 Å². The number of nitrogens with one attached hydrogen (secondary N) is 1. The zero-order chi connectivity index (χ0) is 12.1. The van der Waals surface area contributed by atoms with E-state index in [1.165, 1.54) is 11.1 Å². The molecule has 2 aromatic rings. The Morgan fingerprint density at radius 2 is 2.18 bits per heavy atom. The Hall–Kier alpha value is -1.74. The van der Waals surface area contributed by atoms with E-state index in [0.717, 1.165) is 12.2 Å². The highest BCUT2D eigenvalue weighted by Crippen LogP contribution is 2.09. The number of aryl methyl sites for hydroxylation is 1. The zero-order valence-electron chi connectivity index (χ0n) is 10.2. The van der Waals surface area contributed by atoms with Crippen LogP contribution in [-0.4, -0.2) is 9.97 Å². The van der Waals surface area contributed by atoms with Crippen LogP contribution in [0.3, 0.4) is 0 Å². The van der Waals surface area contributed by atoms with Gasteiger partial charge in [0.1, 0.15) is 0 Å². The van der Waals surface area contributed by atoms with E-state index < -0.39 is 0 Å². The molecule has 0 bridgehead atoms. The van der Waals surface area contributed by atoms with Gasteiger partial charge in [-0.25, -0.2) is 0 Å². The first-order valence-electron chi connectivity index (χ1n) is 5.80. The third-order valence-electron chi connectivity index (χ3n) is 2.68. The molecule has 2 aromatic heterocycles. The van der Waals surface area contributed by atoms with Gasteiger partial charge in [-0.05, 0) is 37.1 Å². The largest absolute Gasteiger partial charge is 0.305 e. The summed E-state index contributed by atoms with van der Waals surface area (Å²) in [5, 5.41) is 3.44. The van der Waals surface area contributed by atoms with E-state index in [1.807, 2.05) is 36.8 Å². The van der Waals surface area contributed by atoms with E-state index in [-0.39, 0.29) is 6.04 Å². The predicted octanol–water partition coefficient (Wildman–Crippen LogP) is 2.64. The van der Waals surface area contributed by atoms with E-state index >= 15 is 0 Å². The highest BCUT2D eigenvalue weighted by Gasteiger charge is 2.05. The molecule has 17 heavy (non-hydrogen) atoms. The van der Waals surface area contributed by atoms with Crippen LogP contribution in [0.5, 0.6) is 0 Å². The van der Waals surface area contributed by atoms with Crippen LogP contribution < -0.4 is 5.32 Å². The minimum absolute atomic E-state index is 0.247. The minimum atomic E-state index is 0.247. The maximum Gasteiger partial charge on any atom is 0.0570 e. The van der Waals surface area contributed by atoms with Crippen LogP contribution in [0.2, 0.25) is 0 Å². The van der Waals surface area contributed by atoms with Crippen molar-refractivity contribution in [3.63, 3.8) is 0 Å². The Morgan fingerprint density at radius 1 is 1.29 bits per heavy atom. The van der Waals surface area contributed by atoms with Gasteiger partial charge in [-0.2, -0.15) is 0 Å². The Balaban J connectivity index is 1.95. The molecular formula is C14H17N3. The molecule has 1 atom stereocenters. The van der Waals surface area contributed by atoms with Gasteiger partial charge in [0.15, 0.2) is 0 Å². The van der Waals surface area contributed by atoms with Crippen molar-refractivity contribution < 1.29 is 0 Å². The molecule has 0 fully saturated rings. The van der Waals surface area contributed by atoms with Gasteiger partial charge in [0.25, 0.3) is 0 Å². The molecule has 1 unspecified atom stereocenters. The average molecular weight is 227 g/mol. The van der Waals surface area contributed by atoms with Crippen LogP contribution in [0.15, 0.2) is 42.9 Å². The van der Waals surface area contributed by atoms with Crippen molar-refractivity contribution in [2.24, 2.45) is 0 Å². The summed E-state index contributed by atoms with van der Waals surface area (Å²) in [5.74, 6) is 0. The van der Waals surface area contributed by atoms with E-state index in [2.05, 4.69) is 35.2 Å². The smallest absolute Gasteiger partial charge is 0.0570 e. The van der Waals surface area contributed by atoms with Crippen molar-refractivity contribution in [1.82, 2.24) is 15.3 Å².